The van der Waals surface area contributed by atoms with Gasteiger partial charge in [-0.25, -0.2) is 4.98 Å². The van der Waals surface area contributed by atoms with E-state index in [1.807, 2.05) is 17.9 Å². The number of nitrogens with zero attached hydrogens (tertiary/aromatic N) is 2. The van der Waals surface area contributed by atoms with Gasteiger partial charge in [0.2, 0.25) is 0 Å². The first-order valence-corrected chi connectivity index (χ1v) is 6.12. The first kappa shape index (κ1) is 12.1. The Labute approximate surface area is 102 Å². The Kier molecular flexibility index (Phi) is 3.48. The minimum Gasteiger partial charge on any atom is -0.396 e. The van der Waals surface area contributed by atoms with E-state index >= 15 is 0 Å². The van der Waals surface area contributed by atoms with Gasteiger partial charge in [0.15, 0.2) is 0 Å². The lowest BCUT2D eigenvalue weighted by molar-refractivity contribution is 0.189. The van der Waals surface area contributed by atoms with Crippen LogP contribution in [0, 0.1) is 11.8 Å². The van der Waals surface area contributed by atoms with Gasteiger partial charge in [0.25, 0.3) is 0 Å². The summed E-state index contributed by atoms with van der Waals surface area (Å²) in [6.45, 7) is 4.55. The zero-order valence-electron chi connectivity index (χ0n) is 10.7. The first-order valence-electron chi connectivity index (χ1n) is 6.12. The van der Waals surface area contributed by atoms with Crippen LogP contribution in [0.15, 0.2) is 24.5 Å². The fourth-order valence-electron chi connectivity index (χ4n) is 2.12. The average Bonchev–Trinajstić information content (AvgIpc) is 2.67. The molecule has 0 saturated carbocycles. The normalized spacial score (nSPS) is 13.5. The van der Waals surface area contributed by atoms with Crippen molar-refractivity contribution in [3.05, 3.63) is 30.1 Å². The standard InChI is InChI=1S/C14H20N2O/c1-10(2)12(8-17)6-11-4-5-14-13(7-11)15-9-16(14)3/h4-5,7,9-10,12,17H,6,8H2,1-3H3. The van der Waals surface area contributed by atoms with Crippen molar-refractivity contribution in [1.82, 2.24) is 9.55 Å². The third kappa shape index (κ3) is 2.50. The quantitative estimate of drug-likeness (QED) is 0.879. The smallest absolute Gasteiger partial charge is 0.0955 e. The van der Waals surface area contributed by atoms with E-state index in [2.05, 4.69) is 37.0 Å². The zero-order valence-corrected chi connectivity index (χ0v) is 10.7. The Hall–Kier alpha value is -1.35. The molecule has 1 unspecified atom stereocenters. The minimum atomic E-state index is 0.248. The van der Waals surface area contributed by atoms with E-state index < -0.39 is 0 Å². The van der Waals surface area contributed by atoms with Crippen LogP contribution in [-0.4, -0.2) is 21.3 Å². The number of hydrogen-bond donors (Lipinski definition) is 1. The highest BCUT2D eigenvalue weighted by atomic mass is 16.3. The Bertz CT molecular complexity index is 502. The third-order valence-corrected chi connectivity index (χ3v) is 3.47. The Morgan fingerprint density at radius 3 is 2.76 bits per heavy atom. The summed E-state index contributed by atoms with van der Waals surface area (Å²) in [7, 11) is 2.00. The fraction of sp³-hybridized carbons (Fsp3) is 0.500. The maximum atomic E-state index is 9.36. The summed E-state index contributed by atoms with van der Waals surface area (Å²) in [6, 6.07) is 6.36. The summed E-state index contributed by atoms with van der Waals surface area (Å²) >= 11 is 0. The van der Waals surface area contributed by atoms with Crippen molar-refractivity contribution in [3.63, 3.8) is 0 Å². The molecule has 2 rings (SSSR count). The summed E-state index contributed by atoms with van der Waals surface area (Å²) in [4.78, 5) is 4.36. The molecule has 0 aliphatic heterocycles. The van der Waals surface area contributed by atoms with Crippen LogP contribution in [0.5, 0.6) is 0 Å². The number of aromatic nitrogens is 2. The number of hydrogen-bond acceptors (Lipinski definition) is 2. The number of fused-ring (bicyclic) bond motifs is 1. The summed E-state index contributed by atoms with van der Waals surface area (Å²) in [5.74, 6) is 0.829. The highest BCUT2D eigenvalue weighted by Gasteiger charge is 2.13. The van der Waals surface area contributed by atoms with Crippen LogP contribution in [0.3, 0.4) is 0 Å². The molecule has 1 N–H and O–H groups in total. The first-order chi connectivity index (χ1) is 8.11. The number of aryl methyl sites for hydroxylation is 1. The summed E-state index contributed by atoms with van der Waals surface area (Å²) < 4.78 is 2.02. The van der Waals surface area contributed by atoms with Gasteiger partial charge in [-0.15, -0.1) is 0 Å². The van der Waals surface area contributed by atoms with Crippen LogP contribution in [0.1, 0.15) is 19.4 Å². The molecule has 92 valence electrons. The molecule has 0 fully saturated rings. The molecule has 17 heavy (non-hydrogen) atoms. The molecule has 0 spiro atoms. The topological polar surface area (TPSA) is 38.1 Å². The summed E-state index contributed by atoms with van der Waals surface area (Å²) in [6.07, 6.45) is 2.75. The van der Waals surface area contributed by atoms with E-state index in [-0.39, 0.29) is 6.61 Å². The van der Waals surface area contributed by atoms with Gasteiger partial charge < -0.3 is 9.67 Å². The van der Waals surface area contributed by atoms with Crippen molar-refractivity contribution in [1.29, 1.82) is 0 Å². The zero-order chi connectivity index (χ0) is 12.4. The van der Waals surface area contributed by atoms with E-state index in [1.54, 1.807) is 0 Å². The minimum absolute atomic E-state index is 0.248. The van der Waals surface area contributed by atoms with Crippen LogP contribution < -0.4 is 0 Å². The van der Waals surface area contributed by atoms with E-state index in [4.69, 9.17) is 0 Å². The maximum absolute atomic E-state index is 9.36. The number of imidazole rings is 1. The molecular formula is C14H20N2O. The van der Waals surface area contributed by atoms with Crippen molar-refractivity contribution >= 4 is 11.0 Å². The Morgan fingerprint density at radius 1 is 1.35 bits per heavy atom. The van der Waals surface area contributed by atoms with Crippen molar-refractivity contribution in [2.24, 2.45) is 18.9 Å². The van der Waals surface area contributed by atoms with Crippen LogP contribution >= 0.6 is 0 Å². The predicted octanol–water partition coefficient (Wildman–Crippen LogP) is 2.38. The van der Waals surface area contributed by atoms with Gasteiger partial charge in [-0.3, -0.25) is 0 Å². The van der Waals surface area contributed by atoms with E-state index in [0.29, 0.717) is 11.8 Å². The van der Waals surface area contributed by atoms with E-state index in [9.17, 15) is 5.11 Å². The molecule has 1 aromatic carbocycles. The van der Waals surface area contributed by atoms with Crippen LogP contribution in [0.2, 0.25) is 0 Å². The molecule has 0 aliphatic carbocycles. The van der Waals surface area contributed by atoms with Crippen LogP contribution in [-0.2, 0) is 13.5 Å². The van der Waals surface area contributed by atoms with Crippen LogP contribution in [0.4, 0.5) is 0 Å². The molecule has 0 aliphatic rings. The number of rotatable bonds is 4. The monoisotopic (exact) mass is 232 g/mol. The third-order valence-electron chi connectivity index (χ3n) is 3.47. The maximum Gasteiger partial charge on any atom is 0.0955 e. The van der Waals surface area contributed by atoms with Gasteiger partial charge in [-0.1, -0.05) is 19.9 Å². The number of aliphatic hydroxyl groups is 1. The van der Waals surface area contributed by atoms with Gasteiger partial charge in [0.05, 0.1) is 17.4 Å². The summed E-state index contributed by atoms with van der Waals surface area (Å²) in [5, 5.41) is 9.36. The van der Waals surface area contributed by atoms with Gasteiger partial charge >= 0.3 is 0 Å². The highest BCUT2D eigenvalue weighted by molar-refractivity contribution is 5.75. The van der Waals surface area contributed by atoms with Crippen molar-refractivity contribution in [2.45, 2.75) is 20.3 Å². The molecule has 1 atom stereocenters. The second-order valence-electron chi connectivity index (χ2n) is 5.07. The highest BCUT2D eigenvalue weighted by Crippen LogP contribution is 2.20. The lowest BCUT2D eigenvalue weighted by atomic mass is 9.90. The number of aliphatic hydroxyl groups excluding tert-OH is 1. The lowest BCUT2D eigenvalue weighted by Gasteiger charge is -2.18. The molecule has 0 amide bonds. The van der Waals surface area contributed by atoms with Gasteiger partial charge in [0, 0.05) is 13.7 Å². The van der Waals surface area contributed by atoms with Crippen LogP contribution in [0.25, 0.3) is 11.0 Å². The molecule has 0 radical (unpaired) electrons. The second-order valence-corrected chi connectivity index (χ2v) is 5.07. The SMILES string of the molecule is CC(C)C(CO)Cc1ccc2c(c1)ncn2C. The van der Waals surface area contributed by atoms with Crippen molar-refractivity contribution in [3.8, 4) is 0 Å². The molecule has 1 aromatic heterocycles. The predicted molar refractivity (Wildman–Crippen MR) is 69.8 cm³/mol. The molecule has 0 saturated heterocycles. The van der Waals surface area contributed by atoms with E-state index in [1.165, 1.54) is 5.56 Å². The molecule has 0 bridgehead atoms. The van der Waals surface area contributed by atoms with Gasteiger partial charge in [0.1, 0.15) is 0 Å². The lowest BCUT2D eigenvalue weighted by Crippen LogP contribution is -2.16. The Balaban J connectivity index is 2.24. The molecule has 2 aromatic rings. The van der Waals surface area contributed by atoms with Crippen molar-refractivity contribution in [2.75, 3.05) is 6.61 Å². The van der Waals surface area contributed by atoms with E-state index in [0.717, 1.165) is 17.5 Å². The Morgan fingerprint density at radius 2 is 2.12 bits per heavy atom. The number of benzene rings is 1. The molecule has 3 nitrogen and oxygen atoms in total. The van der Waals surface area contributed by atoms with Crippen molar-refractivity contribution < 1.29 is 5.11 Å². The van der Waals surface area contributed by atoms with Gasteiger partial charge in [-0.2, -0.15) is 0 Å². The fourth-order valence-corrected chi connectivity index (χ4v) is 2.12. The average molecular weight is 232 g/mol. The van der Waals surface area contributed by atoms with Gasteiger partial charge in [-0.05, 0) is 36.0 Å². The summed E-state index contributed by atoms with van der Waals surface area (Å²) in [5.41, 5.74) is 3.44. The largest absolute Gasteiger partial charge is 0.396 e. The second kappa shape index (κ2) is 4.88. The molecular weight excluding hydrogens is 212 g/mol. The molecule has 1 heterocycles. The molecule has 3 heteroatoms.